The molecule has 0 saturated carbocycles. The third-order valence-corrected chi connectivity index (χ3v) is 3.11. The van der Waals surface area contributed by atoms with Gasteiger partial charge >= 0.3 is 0 Å². The fraction of sp³-hybridized carbons (Fsp3) is 0.727. The molecule has 0 aliphatic rings. The monoisotopic (exact) mass is 228 g/mol. The van der Waals surface area contributed by atoms with E-state index < -0.39 is 0 Å². The molecule has 1 N–H and O–H groups in total. The molecule has 0 aliphatic carbocycles. The van der Waals surface area contributed by atoms with Gasteiger partial charge < -0.3 is 9.73 Å². The van der Waals surface area contributed by atoms with E-state index in [2.05, 4.69) is 24.1 Å². The number of hydrogen-bond donors (Lipinski definition) is 1. The van der Waals surface area contributed by atoms with Crippen molar-refractivity contribution < 1.29 is 4.42 Å². The van der Waals surface area contributed by atoms with Gasteiger partial charge in [0.15, 0.2) is 0 Å². The van der Waals surface area contributed by atoms with Crippen molar-refractivity contribution in [2.45, 2.75) is 44.6 Å². The van der Waals surface area contributed by atoms with Crippen molar-refractivity contribution >= 4 is 11.8 Å². The van der Waals surface area contributed by atoms with Crippen molar-refractivity contribution in [3.63, 3.8) is 0 Å². The molecule has 3 nitrogen and oxygen atoms in total. The van der Waals surface area contributed by atoms with Gasteiger partial charge in [0.1, 0.15) is 5.76 Å². The van der Waals surface area contributed by atoms with Gasteiger partial charge in [-0.2, -0.15) is 0 Å². The number of nitrogens with one attached hydrogen (secondary N) is 1. The van der Waals surface area contributed by atoms with E-state index in [0.717, 1.165) is 29.8 Å². The van der Waals surface area contributed by atoms with E-state index in [-0.39, 0.29) is 0 Å². The summed E-state index contributed by atoms with van der Waals surface area (Å²) < 4.78 is 5.52. The molecule has 86 valence electrons. The summed E-state index contributed by atoms with van der Waals surface area (Å²) in [7, 11) is 0. The highest BCUT2D eigenvalue weighted by atomic mass is 32.2. The standard InChI is InChI=1S/C11H20N2OS/c1-5-6-12-7-8(2)15-11-13-9(3)10(4)14-11/h8,12H,5-7H2,1-4H3. The van der Waals surface area contributed by atoms with Crippen LogP contribution in [0.2, 0.25) is 0 Å². The molecule has 1 unspecified atom stereocenters. The minimum atomic E-state index is 0.494. The molecular formula is C11H20N2OS. The highest BCUT2D eigenvalue weighted by Crippen LogP contribution is 2.23. The molecule has 0 saturated heterocycles. The van der Waals surface area contributed by atoms with Gasteiger partial charge in [0, 0.05) is 11.8 Å². The largest absolute Gasteiger partial charge is 0.437 e. The maximum Gasteiger partial charge on any atom is 0.256 e. The molecule has 4 heteroatoms. The molecule has 1 heterocycles. The Kier molecular flexibility index (Phi) is 5.19. The van der Waals surface area contributed by atoms with Gasteiger partial charge in [-0.1, -0.05) is 25.6 Å². The molecule has 0 spiro atoms. The summed E-state index contributed by atoms with van der Waals surface area (Å²) in [5.41, 5.74) is 0.992. The predicted molar refractivity (Wildman–Crippen MR) is 64.5 cm³/mol. The van der Waals surface area contributed by atoms with E-state index in [1.807, 2.05) is 13.8 Å². The minimum absolute atomic E-state index is 0.494. The van der Waals surface area contributed by atoms with Crippen molar-refractivity contribution in [2.24, 2.45) is 0 Å². The molecule has 1 rings (SSSR count). The summed E-state index contributed by atoms with van der Waals surface area (Å²) in [6, 6.07) is 0. The van der Waals surface area contributed by atoms with Crippen LogP contribution in [0.15, 0.2) is 9.64 Å². The van der Waals surface area contributed by atoms with Crippen molar-refractivity contribution in [2.75, 3.05) is 13.1 Å². The molecule has 0 fully saturated rings. The Hall–Kier alpha value is -0.480. The Labute approximate surface area is 96.0 Å². The van der Waals surface area contributed by atoms with Crippen LogP contribution in [-0.4, -0.2) is 23.3 Å². The number of rotatable bonds is 6. The molecular weight excluding hydrogens is 208 g/mol. The van der Waals surface area contributed by atoms with Crippen LogP contribution in [-0.2, 0) is 0 Å². The Balaban J connectivity index is 2.34. The van der Waals surface area contributed by atoms with Gasteiger partial charge in [-0.25, -0.2) is 4.98 Å². The average Bonchev–Trinajstić information content (AvgIpc) is 2.46. The molecule has 0 amide bonds. The van der Waals surface area contributed by atoms with E-state index >= 15 is 0 Å². The summed E-state index contributed by atoms with van der Waals surface area (Å²) in [6.07, 6.45) is 1.18. The lowest BCUT2D eigenvalue weighted by Gasteiger charge is -2.08. The first-order valence-electron chi connectivity index (χ1n) is 5.45. The van der Waals surface area contributed by atoms with Gasteiger partial charge in [-0.05, 0) is 26.8 Å². The van der Waals surface area contributed by atoms with E-state index in [9.17, 15) is 0 Å². The number of aryl methyl sites for hydroxylation is 2. The quantitative estimate of drug-likeness (QED) is 0.600. The van der Waals surface area contributed by atoms with Gasteiger partial charge in [-0.15, -0.1) is 0 Å². The van der Waals surface area contributed by atoms with Crippen LogP contribution in [0.1, 0.15) is 31.7 Å². The Morgan fingerprint density at radius 1 is 1.47 bits per heavy atom. The Bertz CT molecular complexity index is 279. The number of nitrogens with zero attached hydrogens (tertiary/aromatic N) is 1. The van der Waals surface area contributed by atoms with Gasteiger partial charge in [0.2, 0.25) is 0 Å². The van der Waals surface area contributed by atoms with Crippen LogP contribution in [0, 0.1) is 13.8 Å². The Morgan fingerprint density at radius 2 is 2.20 bits per heavy atom. The van der Waals surface area contributed by atoms with Crippen LogP contribution in [0.3, 0.4) is 0 Å². The van der Waals surface area contributed by atoms with Gasteiger partial charge in [0.05, 0.1) is 5.69 Å². The van der Waals surface area contributed by atoms with E-state index in [0.29, 0.717) is 5.25 Å². The first kappa shape index (κ1) is 12.6. The number of hydrogen-bond acceptors (Lipinski definition) is 4. The zero-order valence-corrected chi connectivity index (χ0v) is 10.8. The van der Waals surface area contributed by atoms with Crippen LogP contribution < -0.4 is 5.32 Å². The second-order valence-electron chi connectivity index (χ2n) is 3.75. The summed E-state index contributed by atoms with van der Waals surface area (Å²) in [5.74, 6) is 0.922. The normalized spacial score (nSPS) is 13.1. The van der Waals surface area contributed by atoms with Crippen LogP contribution >= 0.6 is 11.8 Å². The van der Waals surface area contributed by atoms with Crippen molar-refractivity contribution in [3.8, 4) is 0 Å². The zero-order valence-electron chi connectivity index (χ0n) is 9.96. The molecule has 0 radical (unpaired) electrons. The highest BCUT2D eigenvalue weighted by molar-refractivity contribution is 7.99. The van der Waals surface area contributed by atoms with E-state index in [4.69, 9.17) is 4.42 Å². The zero-order chi connectivity index (χ0) is 11.3. The first-order valence-corrected chi connectivity index (χ1v) is 6.32. The summed E-state index contributed by atoms with van der Waals surface area (Å²) in [6.45, 7) is 10.4. The van der Waals surface area contributed by atoms with Crippen LogP contribution in [0.5, 0.6) is 0 Å². The molecule has 15 heavy (non-hydrogen) atoms. The van der Waals surface area contributed by atoms with Crippen molar-refractivity contribution in [1.29, 1.82) is 0 Å². The number of thioether (sulfide) groups is 1. The van der Waals surface area contributed by atoms with Crippen molar-refractivity contribution in [1.82, 2.24) is 10.3 Å². The summed E-state index contributed by atoms with van der Waals surface area (Å²) >= 11 is 1.69. The fourth-order valence-electron chi connectivity index (χ4n) is 1.19. The smallest absolute Gasteiger partial charge is 0.256 e. The van der Waals surface area contributed by atoms with E-state index in [1.54, 1.807) is 11.8 Å². The molecule has 0 aromatic carbocycles. The van der Waals surface area contributed by atoms with Gasteiger partial charge in [0.25, 0.3) is 5.22 Å². The highest BCUT2D eigenvalue weighted by Gasteiger charge is 2.10. The number of oxazole rings is 1. The molecule has 1 aromatic rings. The summed E-state index contributed by atoms with van der Waals surface area (Å²) in [4.78, 5) is 4.35. The van der Waals surface area contributed by atoms with Crippen LogP contribution in [0.4, 0.5) is 0 Å². The summed E-state index contributed by atoms with van der Waals surface area (Å²) in [5, 5.41) is 4.67. The third kappa shape index (κ3) is 4.26. The number of aromatic nitrogens is 1. The molecule has 0 bridgehead atoms. The average molecular weight is 228 g/mol. The lowest BCUT2D eigenvalue weighted by Crippen LogP contribution is -2.23. The van der Waals surface area contributed by atoms with Gasteiger partial charge in [-0.3, -0.25) is 0 Å². The topological polar surface area (TPSA) is 38.1 Å². The second kappa shape index (κ2) is 6.18. The molecule has 0 aliphatic heterocycles. The lowest BCUT2D eigenvalue weighted by molar-refractivity contribution is 0.430. The molecule has 1 atom stereocenters. The SMILES string of the molecule is CCCNCC(C)Sc1nc(C)c(C)o1. The Morgan fingerprint density at radius 3 is 2.73 bits per heavy atom. The predicted octanol–water partition coefficient (Wildman–Crippen LogP) is 2.77. The second-order valence-corrected chi connectivity index (χ2v) is 5.14. The maximum absolute atomic E-state index is 5.52. The lowest BCUT2D eigenvalue weighted by atomic mass is 10.4. The minimum Gasteiger partial charge on any atom is -0.437 e. The fourth-order valence-corrected chi connectivity index (χ4v) is 2.10. The molecule has 1 aromatic heterocycles. The first-order chi connectivity index (χ1) is 7.13. The van der Waals surface area contributed by atoms with Crippen LogP contribution in [0.25, 0.3) is 0 Å². The van der Waals surface area contributed by atoms with E-state index in [1.165, 1.54) is 6.42 Å². The maximum atomic E-state index is 5.52. The van der Waals surface area contributed by atoms with Crippen molar-refractivity contribution in [3.05, 3.63) is 11.5 Å². The third-order valence-electron chi connectivity index (χ3n) is 2.17.